The molecule has 0 aliphatic rings. The highest BCUT2D eigenvalue weighted by atomic mass is 16.3. The molecule has 0 heterocycles. The minimum Gasteiger partial charge on any atom is -0.507 e. The summed E-state index contributed by atoms with van der Waals surface area (Å²) in [7, 11) is 0. The molecule has 2 rings (SSSR count). The molecule has 0 spiro atoms. The lowest BCUT2D eigenvalue weighted by atomic mass is 9.88. The van der Waals surface area contributed by atoms with Crippen LogP contribution in [0.5, 0.6) is 5.75 Å². The van der Waals surface area contributed by atoms with E-state index >= 15 is 0 Å². The monoisotopic (exact) mass is 240 g/mol. The van der Waals surface area contributed by atoms with E-state index in [0.29, 0.717) is 11.8 Å². The number of aldehydes is 1. The van der Waals surface area contributed by atoms with Gasteiger partial charge in [-0.25, -0.2) is 0 Å². The van der Waals surface area contributed by atoms with Gasteiger partial charge < -0.3 is 5.11 Å². The Morgan fingerprint density at radius 1 is 1.11 bits per heavy atom. The Morgan fingerprint density at radius 3 is 2.39 bits per heavy atom. The SMILES string of the molecule is Cc1ccc(C=O)c(O)c1[C@H](C)c1ccccc1. The Morgan fingerprint density at radius 2 is 1.78 bits per heavy atom. The Hall–Kier alpha value is -2.09. The number of carbonyl (C=O) groups is 1. The molecule has 2 aromatic carbocycles. The van der Waals surface area contributed by atoms with Gasteiger partial charge in [-0.15, -0.1) is 0 Å². The summed E-state index contributed by atoms with van der Waals surface area (Å²) in [6, 6.07) is 13.5. The van der Waals surface area contributed by atoms with E-state index in [4.69, 9.17) is 0 Å². The summed E-state index contributed by atoms with van der Waals surface area (Å²) in [5, 5.41) is 10.2. The summed E-state index contributed by atoms with van der Waals surface area (Å²) in [5.74, 6) is 0.160. The first-order valence-electron chi connectivity index (χ1n) is 5.97. The standard InChI is InChI=1S/C16H16O2/c1-11-8-9-14(10-17)16(18)15(11)12(2)13-6-4-3-5-7-13/h3-10,12,18H,1-2H3/t12-/m1/s1. The van der Waals surface area contributed by atoms with Gasteiger partial charge in [-0.05, 0) is 24.1 Å². The number of phenolic OH excluding ortho intramolecular Hbond substituents is 1. The van der Waals surface area contributed by atoms with Gasteiger partial charge in [-0.2, -0.15) is 0 Å². The molecule has 2 heteroatoms. The zero-order valence-electron chi connectivity index (χ0n) is 10.6. The molecule has 0 aromatic heterocycles. The molecule has 0 radical (unpaired) electrons. The maximum atomic E-state index is 10.9. The molecule has 92 valence electrons. The quantitative estimate of drug-likeness (QED) is 0.831. The third-order valence-electron chi connectivity index (χ3n) is 3.33. The van der Waals surface area contributed by atoms with Crippen molar-refractivity contribution in [2.24, 2.45) is 0 Å². The number of rotatable bonds is 3. The predicted octanol–water partition coefficient (Wildman–Crippen LogP) is 3.66. The van der Waals surface area contributed by atoms with Gasteiger partial charge in [-0.3, -0.25) is 4.79 Å². The second-order valence-corrected chi connectivity index (χ2v) is 4.48. The number of aromatic hydroxyl groups is 1. The number of phenols is 1. The van der Waals surface area contributed by atoms with E-state index in [2.05, 4.69) is 0 Å². The topological polar surface area (TPSA) is 37.3 Å². The fraction of sp³-hybridized carbons (Fsp3) is 0.188. The zero-order chi connectivity index (χ0) is 13.1. The Bertz CT molecular complexity index is 559. The van der Waals surface area contributed by atoms with E-state index in [1.54, 1.807) is 6.07 Å². The minimum absolute atomic E-state index is 0.0612. The first-order valence-corrected chi connectivity index (χ1v) is 5.97. The third kappa shape index (κ3) is 2.14. The van der Waals surface area contributed by atoms with Crippen LogP contribution in [0.1, 0.15) is 39.9 Å². The van der Waals surface area contributed by atoms with E-state index in [1.807, 2.05) is 50.2 Å². The summed E-state index contributed by atoms with van der Waals surface area (Å²) in [4.78, 5) is 10.9. The molecule has 0 amide bonds. The second kappa shape index (κ2) is 5.05. The van der Waals surface area contributed by atoms with Gasteiger partial charge in [0.1, 0.15) is 5.75 Å². The largest absolute Gasteiger partial charge is 0.507 e. The van der Waals surface area contributed by atoms with Crippen LogP contribution >= 0.6 is 0 Å². The molecule has 2 aromatic rings. The molecule has 2 nitrogen and oxygen atoms in total. The molecule has 0 aliphatic heterocycles. The summed E-state index contributed by atoms with van der Waals surface area (Å²) >= 11 is 0. The highest BCUT2D eigenvalue weighted by molar-refractivity contribution is 5.80. The van der Waals surface area contributed by atoms with Gasteiger partial charge >= 0.3 is 0 Å². The Balaban J connectivity index is 2.54. The van der Waals surface area contributed by atoms with Crippen LogP contribution in [0.15, 0.2) is 42.5 Å². The van der Waals surface area contributed by atoms with E-state index in [-0.39, 0.29) is 11.7 Å². The van der Waals surface area contributed by atoms with Crippen LogP contribution in [0, 0.1) is 6.92 Å². The molecule has 0 saturated carbocycles. The van der Waals surface area contributed by atoms with Crippen molar-refractivity contribution in [3.05, 3.63) is 64.7 Å². The number of aryl methyl sites for hydroxylation is 1. The van der Waals surface area contributed by atoms with Crippen LogP contribution in [0.2, 0.25) is 0 Å². The van der Waals surface area contributed by atoms with E-state index in [0.717, 1.165) is 16.7 Å². The van der Waals surface area contributed by atoms with E-state index < -0.39 is 0 Å². The lowest BCUT2D eigenvalue weighted by Gasteiger charge is -2.17. The summed E-state index contributed by atoms with van der Waals surface area (Å²) in [5.41, 5.74) is 3.29. The number of hydrogen-bond donors (Lipinski definition) is 1. The summed E-state index contributed by atoms with van der Waals surface area (Å²) in [6.07, 6.45) is 0.690. The fourth-order valence-corrected chi connectivity index (χ4v) is 2.28. The highest BCUT2D eigenvalue weighted by Crippen LogP contribution is 2.35. The Kier molecular flexibility index (Phi) is 3.47. The van der Waals surface area contributed by atoms with Crippen molar-refractivity contribution in [3.8, 4) is 5.75 Å². The summed E-state index contributed by atoms with van der Waals surface area (Å²) < 4.78 is 0. The maximum Gasteiger partial charge on any atom is 0.153 e. The number of carbonyl (C=O) groups excluding carboxylic acids is 1. The van der Waals surface area contributed by atoms with Gasteiger partial charge in [0.25, 0.3) is 0 Å². The molecular weight excluding hydrogens is 224 g/mol. The number of hydrogen-bond acceptors (Lipinski definition) is 2. The van der Waals surface area contributed by atoms with Crippen LogP contribution in [0.4, 0.5) is 0 Å². The normalized spacial score (nSPS) is 12.1. The summed E-state index contributed by atoms with van der Waals surface area (Å²) in [6.45, 7) is 3.98. The van der Waals surface area contributed by atoms with Crippen molar-refractivity contribution >= 4 is 6.29 Å². The molecular formula is C16H16O2. The van der Waals surface area contributed by atoms with Crippen molar-refractivity contribution < 1.29 is 9.90 Å². The van der Waals surface area contributed by atoms with Crippen LogP contribution in [0.3, 0.4) is 0 Å². The van der Waals surface area contributed by atoms with Crippen molar-refractivity contribution in [1.29, 1.82) is 0 Å². The molecule has 0 fully saturated rings. The van der Waals surface area contributed by atoms with Gasteiger partial charge in [0.2, 0.25) is 0 Å². The van der Waals surface area contributed by atoms with Crippen molar-refractivity contribution in [1.82, 2.24) is 0 Å². The van der Waals surface area contributed by atoms with Crippen LogP contribution in [0.25, 0.3) is 0 Å². The van der Waals surface area contributed by atoms with Crippen molar-refractivity contribution in [2.45, 2.75) is 19.8 Å². The van der Waals surface area contributed by atoms with Crippen molar-refractivity contribution in [3.63, 3.8) is 0 Å². The lowest BCUT2D eigenvalue weighted by Crippen LogP contribution is -2.01. The second-order valence-electron chi connectivity index (χ2n) is 4.48. The van der Waals surface area contributed by atoms with E-state index in [9.17, 15) is 9.90 Å². The van der Waals surface area contributed by atoms with E-state index in [1.165, 1.54) is 0 Å². The first kappa shape index (κ1) is 12.4. The first-order chi connectivity index (χ1) is 8.65. The van der Waals surface area contributed by atoms with Gasteiger partial charge in [0.05, 0.1) is 5.56 Å². The van der Waals surface area contributed by atoms with Crippen molar-refractivity contribution in [2.75, 3.05) is 0 Å². The third-order valence-corrected chi connectivity index (χ3v) is 3.33. The van der Waals surface area contributed by atoms with Gasteiger partial charge in [0, 0.05) is 11.5 Å². The van der Waals surface area contributed by atoms with Gasteiger partial charge in [-0.1, -0.05) is 43.3 Å². The average Bonchev–Trinajstić information content (AvgIpc) is 2.40. The molecule has 0 saturated heterocycles. The lowest BCUT2D eigenvalue weighted by molar-refractivity contribution is 0.112. The molecule has 1 N–H and O–H groups in total. The zero-order valence-corrected chi connectivity index (χ0v) is 10.6. The fourth-order valence-electron chi connectivity index (χ4n) is 2.28. The Labute approximate surface area is 107 Å². The molecule has 0 aliphatic carbocycles. The smallest absolute Gasteiger partial charge is 0.153 e. The minimum atomic E-state index is 0.0612. The maximum absolute atomic E-state index is 10.9. The van der Waals surface area contributed by atoms with Crippen LogP contribution in [-0.2, 0) is 0 Å². The average molecular weight is 240 g/mol. The molecule has 18 heavy (non-hydrogen) atoms. The molecule has 0 unspecified atom stereocenters. The van der Waals surface area contributed by atoms with Crippen LogP contribution < -0.4 is 0 Å². The van der Waals surface area contributed by atoms with Crippen LogP contribution in [-0.4, -0.2) is 11.4 Å². The highest BCUT2D eigenvalue weighted by Gasteiger charge is 2.17. The van der Waals surface area contributed by atoms with Gasteiger partial charge in [0.15, 0.2) is 6.29 Å². The predicted molar refractivity (Wildman–Crippen MR) is 72.2 cm³/mol. The molecule has 0 bridgehead atoms. The molecule has 1 atom stereocenters. The number of benzene rings is 2.